The molecule has 8 heteroatoms. The molecular formula is C21H26N4O3S. The second-order valence-corrected chi connectivity index (χ2v) is 8.32. The Morgan fingerprint density at radius 1 is 1.03 bits per heavy atom. The predicted molar refractivity (Wildman–Crippen MR) is 112 cm³/mol. The minimum absolute atomic E-state index is 0.0203. The molecule has 2 fully saturated rings. The van der Waals surface area contributed by atoms with Crippen LogP contribution in [0.25, 0.3) is 10.6 Å². The number of aryl methyl sites for hydroxylation is 1. The third-order valence-electron chi connectivity index (χ3n) is 5.47. The normalized spacial score (nSPS) is 18.1. The first-order chi connectivity index (χ1) is 14.1. The van der Waals surface area contributed by atoms with Gasteiger partial charge >= 0.3 is 0 Å². The minimum Gasteiger partial charge on any atom is -0.378 e. The van der Waals surface area contributed by atoms with Crippen LogP contribution >= 0.6 is 11.3 Å². The molecule has 4 heterocycles. The van der Waals surface area contributed by atoms with E-state index in [1.54, 1.807) is 11.3 Å². The lowest BCUT2D eigenvalue weighted by molar-refractivity contribution is -0.136. The number of amides is 2. The average Bonchev–Trinajstić information content (AvgIpc) is 3.29. The van der Waals surface area contributed by atoms with Crippen molar-refractivity contribution in [3.05, 3.63) is 40.9 Å². The lowest BCUT2D eigenvalue weighted by atomic mass is 10.1. The van der Waals surface area contributed by atoms with Gasteiger partial charge in [-0.05, 0) is 30.5 Å². The van der Waals surface area contributed by atoms with Crippen LogP contribution in [0.4, 0.5) is 0 Å². The van der Waals surface area contributed by atoms with Gasteiger partial charge < -0.3 is 14.5 Å². The third-order valence-corrected chi connectivity index (χ3v) is 6.36. The number of carbonyl (C=O) groups excluding carboxylic acids is 2. The molecule has 0 spiro atoms. The molecular weight excluding hydrogens is 388 g/mol. The van der Waals surface area contributed by atoms with Crippen molar-refractivity contribution in [3.8, 4) is 10.6 Å². The number of rotatable bonds is 4. The highest BCUT2D eigenvalue weighted by Crippen LogP contribution is 2.24. The Morgan fingerprint density at radius 3 is 2.45 bits per heavy atom. The van der Waals surface area contributed by atoms with E-state index in [-0.39, 0.29) is 11.8 Å². The minimum atomic E-state index is 0.0203. The maximum Gasteiger partial charge on any atom is 0.255 e. The van der Waals surface area contributed by atoms with Crippen LogP contribution in [0.2, 0.25) is 0 Å². The molecule has 0 unspecified atom stereocenters. The zero-order valence-corrected chi connectivity index (χ0v) is 17.5. The molecule has 0 saturated carbocycles. The van der Waals surface area contributed by atoms with Gasteiger partial charge in [0.15, 0.2) is 0 Å². The Kier molecular flexibility index (Phi) is 6.22. The van der Waals surface area contributed by atoms with Crippen LogP contribution in [0.1, 0.15) is 16.1 Å². The van der Waals surface area contributed by atoms with E-state index in [1.807, 2.05) is 46.4 Å². The van der Waals surface area contributed by atoms with Crippen molar-refractivity contribution in [2.24, 2.45) is 0 Å². The number of carbonyl (C=O) groups is 2. The van der Waals surface area contributed by atoms with Crippen molar-refractivity contribution in [3.63, 3.8) is 0 Å². The van der Waals surface area contributed by atoms with E-state index in [4.69, 9.17) is 4.74 Å². The zero-order chi connectivity index (χ0) is 20.2. The van der Waals surface area contributed by atoms with Gasteiger partial charge in [-0.15, -0.1) is 11.3 Å². The molecule has 154 valence electrons. The highest BCUT2D eigenvalue weighted by atomic mass is 32.1. The number of thiophene rings is 1. The Hall–Kier alpha value is -2.29. The van der Waals surface area contributed by atoms with Gasteiger partial charge in [0.05, 0.1) is 41.6 Å². The van der Waals surface area contributed by atoms with Crippen LogP contribution in [0.15, 0.2) is 29.6 Å². The van der Waals surface area contributed by atoms with Crippen LogP contribution in [-0.2, 0) is 9.53 Å². The first kappa shape index (κ1) is 20.0. The van der Waals surface area contributed by atoms with E-state index in [0.29, 0.717) is 64.6 Å². The van der Waals surface area contributed by atoms with Gasteiger partial charge in [-0.2, -0.15) is 0 Å². The average molecular weight is 415 g/mol. The summed E-state index contributed by atoms with van der Waals surface area (Å²) in [7, 11) is 0. The molecule has 4 rings (SSSR count). The molecule has 0 atom stereocenters. The van der Waals surface area contributed by atoms with Crippen molar-refractivity contribution in [1.29, 1.82) is 0 Å². The number of aromatic nitrogens is 1. The number of nitrogens with zero attached hydrogens (tertiary/aromatic N) is 4. The maximum atomic E-state index is 13.0. The number of pyridine rings is 1. The van der Waals surface area contributed by atoms with Crippen LogP contribution < -0.4 is 0 Å². The molecule has 2 amide bonds. The second-order valence-electron chi connectivity index (χ2n) is 7.37. The van der Waals surface area contributed by atoms with E-state index in [9.17, 15) is 9.59 Å². The Morgan fingerprint density at radius 2 is 1.79 bits per heavy atom. The summed E-state index contributed by atoms with van der Waals surface area (Å²) < 4.78 is 5.30. The van der Waals surface area contributed by atoms with Crippen molar-refractivity contribution >= 4 is 23.2 Å². The first-order valence-corrected chi connectivity index (χ1v) is 10.9. The van der Waals surface area contributed by atoms with Crippen LogP contribution in [0, 0.1) is 6.92 Å². The topological polar surface area (TPSA) is 66.0 Å². The summed E-state index contributed by atoms with van der Waals surface area (Å²) in [4.78, 5) is 37.0. The molecule has 2 saturated heterocycles. The van der Waals surface area contributed by atoms with Crippen molar-refractivity contribution in [2.75, 3.05) is 59.0 Å². The zero-order valence-electron chi connectivity index (χ0n) is 16.7. The van der Waals surface area contributed by atoms with E-state index in [2.05, 4.69) is 9.88 Å². The van der Waals surface area contributed by atoms with E-state index >= 15 is 0 Å². The van der Waals surface area contributed by atoms with Crippen LogP contribution in [-0.4, -0.2) is 90.5 Å². The number of ether oxygens (including phenoxy) is 1. The second kappa shape index (κ2) is 9.02. The van der Waals surface area contributed by atoms with E-state index < -0.39 is 0 Å². The molecule has 2 aromatic rings. The largest absolute Gasteiger partial charge is 0.378 e. The summed E-state index contributed by atoms with van der Waals surface area (Å²) in [5.41, 5.74) is 2.31. The SMILES string of the molecule is Cc1nc(-c2cccs2)ccc1C(=O)N1CCN(CC(=O)N2CCOCC2)CC1. The fraction of sp³-hybridized carbons (Fsp3) is 0.476. The summed E-state index contributed by atoms with van der Waals surface area (Å²) in [6.45, 7) is 7.56. The Bertz CT molecular complexity index is 857. The number of piperazine rings is 1. The molecule has 2 aromatic heterocycles. The molecule has 7 nitrogen and oxygen atoms in total. The fourth-order valence-electron chi connectivity index (χ4n) is 3.73. The van der Waals surface area contributed by atoms with Gasteiger partial charge in [0, 0.05) is 39.3 Å². The summed E-state index contributed by atoms with van der Waals surface area (Å²) in [6.07, 6.45) is 0. The lowest BCUT2D eigenvalue weighted by Crippen LogP contribution is -2.52. The summed E-state index contributed by atoms with van der Waals surface area (Å²) in [6, 6.07) is 7.84. The quantitative estimate of drug-likeness (QED) is 0.762. The number of hydrogen-bond donors (Lipinski definition) is 0. The predicted octanol–water partition coefficient (Wildman–Crippen LogP) is 1.74. The fourth-order valence-corrected chi connectivity index (χ4v) is 4.43. The van der Waals surface area contributed by atoms with Crippen molar-refractivity contribution in [1.82, 2.24) is 19.7 Å². The van der Waals surface area contributed by atoms with Gasteiger partial charge in [-0.25, -0.2) is 0 Å². The molecule has 0 radical (unpaired) electrons. The van der Waals surface area contributed by atoms with Gasteiger partial charge in [-0.3, -0.25) is 19.5 Å². The first-order valence-electron chi connectivity index (χ1n) is 10.0. The van der Waals surface area contributed by atoms with Gasteiger partial charge in [-0.1, -0.05) is 6.07 Å². The van der Waals surface area contributed by atoms with Crippen LogP contribution in [0.3, 0.4) is 0 Å². The monoisotopic (exact) mass is 414 g/mol. The number of hydrogen-bond acceptors (Lipinski definition) is 6. The van der Waals surface area contributed by atoms with Crippen LogP contribution in [0.5, 0.6) is 0 Å². The number of morpholine rings is 1. The Balaban J connectivity index is 1.32. The summed E-state index contributed by atoms with van der Waals surface area (Å²) >= 11 is 1.64. The molecule has 0 N–H and O–H groups in total. The third kappa shape index (κ3) is 4.66. The molecule has 2 aliphatic heterocycles. The van der Waals surface area contributed by atoms with E-state index in [0.717, 1.165) is 16.3 Å². The highest BCUT2D eigenvalue weighted by Gasteiger charge is 2.26. The van der Waals surface area contributed by atoms with E-state index in [1.165, 1.54) is 0 Å². The van der Waals surface area contributed by atoms with Gasteiger partial charge in [0.25, 0.3) is 5.91 Å². The Labute approximate surface area is 174 Å². The van der Waals surface area contributed by atoms with Crippen molar-refractivity contribution in [2.45, 2.75) is 6.92 Å². The maximum absolute atomic E-state index is 13.0. The highest BCUT2D eigenvalue weighted by molar-refractivity contribution is 7.13. The molecule has 0 bridgehead atoms. The lowest BCUT2D eigenvalue weighted by Gasteiger charge is -2.36. The molecule has 2 aliphatic rings. The molecule has 29 heavy (non-hydrogen) atoms. The smallest absolute Gasteiger partial charge is 0.255 e. The van der Waals surface area contributed by atoms with Gasteiger partial charge in [0.2, 0.25) is 5.91 Å². The van der Waals surface area contributed by atoms with Gasteiger partial charge in [0.1, 0.15) is 0 Å². The summed E-state index contributed by atoms with van der Waals surface area (Å²) in [5.74, 6) is 0.171. The van der Waals surface area contributed by atoms with Crippen molar-refractivity contribution < 1.29 is 14.3 Å². The molecule has 0 aromatic carbocycles. The standard InChI is InChI=1S/C21H26N4O3S/c1-16-17(4-5-18(22-16)19-3-2-14-29-19)21(27)25-8-6-23(7-9-25)15-20(26)24-10-12-28-13-11-24/h2-5,14H,6-13,15H2,1H3. The summed E-state index contributed by atoms with van der Waals surface area (Å²) in [5, 5.41) is 2.02. The molecule has 0 aliphatic carbocycles.